The minimum atomic E-state index is -1.91. The molecule has 0 aliphatic heterocycles. The number of carboxylic acids is 2. The van der Waals surface area contributed by atoms with Crippen LogP contribution in [0, 0.1) is 0 Å². The average molecular weight is 468 g/mol. The molecule has 0 aliphatic carbocycles. The third-order valence-electron chi connectivity index (χ3n) is 5.24. The first-order chi connectivity index (χ1) is 16.5. The van der Waals surface area contributed by atoms with E-state index in [1.165, 1.54) is 21.2 Å². The molecule has 0 fully saturated rings. The number of aliphatic carboxylic acids is 2. The van der Waals surface area contributed by atoms with Crippen molar-refractivity contribution in [1.29, 1.82) is 0 Å². The van der Waals surface area contributed by atoms with Crippen LogP contribution in [0.5, 0.6) is 0 Å². The van der Waals surface area contributed by atoms with Crippen LogP contribution in [0.2, 0.25) is 0 Å². The molecule has 4 nitrogen and oxygen atoms in total. The van der Waals surface area contributed by atoms with E-state index in [9.17, 15) is 14.7 Å². The first-order valence-electron chi connectivity index (χ1n) is 10.7. The zero-order valence-electron chi connectivity index (χ0n) is 18.7. The minimum Gasteiger partial charge on any atom is -0.545 e. The Kier molecular flexibility index (Phi) is 8.50. The van der Waals surface area contributed by atoms with Crippen LogP contribution in [0.4, 0.5) is 0 Å². The standard InChI is InChI=1S/C24H20P.C5H6O4/c1-5-13-21(14-6-1)25(22-15-7-2-8-16-22,23-17-9-3-10-18-23)24-19-11-4-12-20-24;1-3(5(8)9)2-4(6)7/h1-20H;2H,1H3,(H,6,7)(H,8,9)/q+1;/p-1/b;3-2-. The maximum atomic E-state index is 9.79. The number of benzene rings is 4. The largest absolute Gasteiger partial charge is 0.545 e. The molecule has 0 aromatic heterocycles. The fourth-order valence-electron chi connectivity index (χ4n) is 3.74. The van der Waals surface area contributed by atoms with Crippen molar-refractivity contribution >= 4 is 40.4 Å². The van der Waals surface area contributed by atoms with E-state index in [2.05, 4.69) is 121 Å². The van der Waals surface area contributed by atoms with E-state index in [-0.39, 0.29) is 5.57 Å². The second-order valence-electron chi connectivity index (χ2n) is 7.47. The fourth-order valence-corrected chi connectivity index (χ4v) is 8.01. The Labute approximate surface area is 200 Å². The highest BCUT2D eigenvalue weighted by Gasteiger charge is 2.47. The van der Waals surface area contributed by atoms with E-state index >= 15 is 0 Å². The number of hydrogen-bond donors (Lipinski definition) is 1. The number of carbonyl (C=O) groups excluding carboxylic acids is 1. The van der Waals surface area contributed by atoms with E-state index in [1.807, 2.05) is 0 Å². The fraction of sp³-hybridized carbons (Fsp3) is 0.0345. The van der Waals surface area contributed by atoms with Crippen molar-refractivity contribution in [3.05, 3.63) is 133 Å². The summed E-state index contributed by atoms with van der Waals surface area (Å²) in [5, 5.41) is 23.3. The lowest BCUT2D eigenvalue weighted by atomic mass is 10.3. The van der Waals surface area contributed by atoms with E-state index < -0.39 is 19.2 Å². The van der Waals surface area contributed by atoms with Crippen LogP contribution in [0.15, 0.2) is 133 Å². The van der Waals surface area contributed by atoms with Crippen LogP contribution >= 0.6 is 7.26 Å². The van der Waals surface area contributed by atoms with Crippen molar-refractivity contribution in [2.45, 2.75) is 6.92 Å². The molecule has 0 saturated heterocycles. The number of hydrogen-bond acceptors (Lipinski definition) is 3. The van der Waals surface area contributed by atoms with Crippen molar-refractivity contribution in [2.24, 2.45) is 0 Å². The molecular formula is C29H25O4P. The highest BCUT2D eigenvalue weighted by atomic mass is 31.2. The SMILES string of the molecule is C/C(=C/C(=O)O)C(=O)[O-].c1ccc([P+](c2ccccc2)(c2ccccc2)c2ccccc2)cc1. The summed E-state index contributed by atoms with van der Waals surface area (Å²) in [7, 11) is -1.91. The second-order valence-corrected chi connectivity index (χ2v) is 10.9. The maximum Gasteiger partial charge on any atom is 0.328 e. The Morgan fingerprint density at radius 3 is 1.06 bits per heavy atom. The second kappa shape index (κ2) is 11.7. The molecule has 1 N–H and O–H groups in total. The summed E-state index contributed by atoms with van der Waals surface area (Å²) in [6.07, 6.45) is 0.579. The highest BCUT2D eigenvalue weighted by molar-refractivity contribution is 8.01. The van der Waals surface area contributed by atoms with E-state index in [4.69, 9.17) is 5.11 Å². The Balaban J connectivity index is 0.000000309. The van der Waals surface area contributed by atoms with Crippen molar-refractivity contribution in [3.8, 4) is 0 Å². The van der Waals surface area contributed by atoms with Gasteiger partial charge in [-0.2, -0.15) is 0 Å². The van der Waals surface area contributed by atoms with Gasteiger partial charge < -0.3 is 15.0 Å². The van der Waals surface area contributed by atoms with Gasteiger partial charge in [0.2, 0.25) is 0 Å². The zero-order chi connectivity index (χ0) is 24.4. The van der Waals surface area contributed by atoms with Crippen LogP contribution in [0.1, 0.15) is 6.92 Å². The summed E-state index contributed by atoms with van der Waals surface area (Å²) >= 11 is 0. The lowest BCUT2D eigenvalue weighted by Crippen LogP contribution is -2.38. The van der Waals surface area contributed by atoms with Gasteiger partial charge in [-0.1, -0.05) is 72.8 Å². The molecule has 0 unspecified atom stereocenters. The van der Waals surface area contributed by atoms with Gasteiger partial charge in [0.25, 0.3) is 0 Å². The molecule has 0 amide bonds. The molecule has 5 heteroatoms. The van der Waals surface area contributed by atoms with Gasteiger partial charge in [-0.15, -0.1) is 0 Å². The summed E-state index contributed by atoms with van der Waals surface area (Å²) in [4.78, 5) is 19.5. The lowest BCUT2D eigenvalue weighted by Gasteiger charge is -2.27. The van der Waals surface area contributed by atoms with Crippen LogP contribution in [0.25, 0.3) is 0 Å². The molecule has 4 aromatic carbocycles. The van der Waals surface area contributed by atoms with Crippen molar-refractivity contribution in [1.82, 2.24) is 0 Å². The van der Waals surface area contributed by atoms with Gasteiger partial charge in [0, 0.05) is 6.08 Å². The first kappa shape index (κ1) is 24.6. The third-order valence-corrected chi connectivity index (χ3v) is 9.53. The molecule has 0 radical (unpaired) electrons. The molecule has 0 atom stereocenters. The molecule has 0 bridgehead atoms. The van der Waals surface area contributed by atoms with Crippen LogP contribution in [-0.2, 0) is 9.59 Å². The van der Waals surface area contributed by atoms with Crippen LogP contribution in [-0.4, -0.2) is 17.0 Å². The molecule has 0 heterocycles. The van der Waals surface area contributed by atoms with Gasteiger partial charge in [0.15, 0.2) is 0 Å². The summed E-state index contributed by atoms with van der Waals surface area (Å²) in [6, 6.07) is 43.8. The molecule has 34 heavy (non-hydrogen) atoms. The maximum absolute atomic E-state index is 9.79. The Morgan fingerprint density at radius 2 is 0.882 bits per heavy atom. The quantitative estimate of drug-likeness (QED) is 0.349. The van der Waals surface area contributed by atoms with Gasteiger partial charge >= 0.3 is 5.97 Å². The molecule has 4 rings (SSSR count). The molecular weight excluding hydrogens is 443 g/mol. The number of rotatable bonds is 6. The van der Waals surface area contributed by atoms with Gasteiger partial charge in [0.1, 0.15) is 28.5 Å². The van der Waals surface area contributed by atoms with Crippen LogP contribution in [0.3, 0.4) is 0 Å². The Morgan fingerprint density at radius 1 is 0.618 bits per heavy atom. The van der Waals surface area contributed by atoms with Gasteiger partial charge in [0.05, 0.1) is 5.97 Å². The van der Waals surface area contributed by atoms with E-state index in [1.54, 1.807) is 0 Å². The normalized spacial score (nSPS) is 11.1. The van der Waals surface area contributed by atoms with Gasteiger partial charge in [-0.25, -0.2) is 4.79 Å². The molecule has 0 spiro atoms. The van der Waals surface area contributed by atoms with Crippen molar-refractivity contribution < 1.29 is 19.8 Å². The van der Waals surface area contributed by atoms with Crippen molar-refractivity contribution in [3.63, 3.8) is 0 Å². The summed E-state index contributed by atoms with van der Waals surface area (Å²) in [5.74, 6) is -2.74. The third kappa shape index (κ3) is 5.67. The minimum absolute atomic E-state index is 0.289. The molecule has 170 valence electrons. The Hall–Kier alpha value is -4.01. The topological polar surface area (TPSA) is 77.4 Å². The predicted octanol–water partition coefficient (Wildman–Crippen LogP) is 3.07. The lowest BCUT2D eigenvalue weighted by molar-refractivity contribution is -0.299. The van der Waals surface area contributed by atoms with Crippen LogP contribution < -0.4 is 26.3 Å². The predicted molar refractivity (Wildman–Crippen MR) is 138 cm³/mol. The smallest absolute Gasteiger partial charge is 0.328 e. The molecule has 0 saturated carbocycles. The molecule has 0 aliphatic rings. The van der Waals surface area contributed by atoms with E-state index in [0.717, 1.165) is 6.92 Å². The number of carboxylic acid groups (broad SMARTS) is 2. The van der Waals surface area contributed by atoms with Gasteiger partial charge in [-0.3, -0.25) is 0 Å². The summed E-state index contributed by atoms with van der Waals surface area (Å²) < 4.78 is 0. The molecule has 4 aromatic rings. The highest BCUT2D eigenvalue weighted by Crippen LogP contribution is 2.53. The van der Waals surface area contributed by atoms with E-state index in [0.29, 0.717) is 6.08 Å². The van der Waals surface area contributed by atoms with Crippen molar-refractivity contribution in [2.75, 3.05) is 0 Å². The Bertz CT molecular complexity index is 1080. The van der Waals surface area contributed by atoms with Gasteiger partial charge in [-0.05, 0) is 61.0 Å². The first-order valence-corrected chi connectivity index (χ1v) is 12.5. The monoisotopic (exact) mass is 468 g/mol. The zero-order valence-corrected chi connectivity index (χ0v) is 19.6. The average Bonchev–Trinajstić information content (AvgIpc) is 2.87. The number of carbonyl (C=O) groups is 2. The summed E-state index contributed by atoms with van der Waals surface area (Å²) in [6.45, 7) is 1.16. The summed E-state index contributed by atoms with van der Waals surface area (Å²) in [5.41, 5.74) is -0.289.